The molecular weight excluding hydrogens is 301 g/mol. The summed E-state index contributed by atoms with van der Waals surface area (Å²) in [4.78, 5) is 29.3. The smallest absolute Gasteiger partial charge is 0.263 e. The van der Waals surface area contributed by atoms with Crippen LogP contribution in [-0.2, 0) is 0 Å². The fourth-order valence-corrected chi connectivity index (χ4v) is 1.77. The van der Waals surface area contributed by atoms with E-state index in [1.165, 1.54) is 17.3 Å². The molecule has 1 aromatic rings. The Labute approximate surface area is 130 Å². The van der Waals surface area contributed by atoms with Crippen molar-refractivity contribution in [1.29, 1.82) is 0 Å². The molecule has 1 aliphatic rings. The molecule has 0 unspecified atom stereocenters. The van der Waals surface area contributed by atoms with Crippen molar-refractivity contribution < 1.29 is 9.59 Å². The second kappa shape index (κ2) is 6.52. The van der Waals surface area contributed by atoms with Gasteiger partial charge in [-0.15, -0.1) is 24.8 Å². The lowest BCUT2D eigenvalue weighted by Gasteiger charge is -2.29. The minimum absolute atomic E-state index is 0. The SMILES string of the molecule is CC(C)(C)[C@H](N)CN1C(=O)c2ccncc2C1=O.Cl.Cl. The molecule has 0 aliphatic carbocycles. The highest BCUT2D eigenvalue weighted by atomic mass is 35.5. The number of aromatic nitrogens is 1. The maximum absolute atomic E-state index is 12.1. The van der Waals surface area contributed by atoms with Crippen molar-refractivity contribution in [3.05, 3.63) is 29.6 Å². The Balaban J connectivity index is 0.00000180. The van der Waals surface area contributed by atoms with E-state index in [0.717, 1.165) is 0 Å². The van der Waals surface area contributed by atoms with Gasteiger partial charge in [-0.2, -0.15) is 0 Å². The van der Waals surface area contributed by atoms with Crippen molar-refractivity contribution in [2.75, 3.05) is 6.54 Å². The number of fused-ring (bicyclic) bond motifs is 1. The van der Waals surface area contributed by atoms with Crippen molar-refractivity contribution in [3.8, 4) is 0 Å². The van der Waals surface area contributed by atoms with Gasteiger partial charge < -0.3 is 5.73 Å². The summed E-state index contributed by atoms with van der Waals surface area (Å²) in [5, 5.41) is 0. The maximum Gasteiger partial charge on any atom is 0.263 e. The van der Waals surface area contributed by atoms with Crippen LogP contribution >= 0.6 is 24.8 Å². The van der Waals surface area contributed by atoms with E-state index >= 15 is 0 Å². The minimum Gasteiger partial charge on any atom is -0.326 e. The molecule has 1 aromatic heterocycles. The molecule has 112 valence electrons. The summed E-state index contributed by atoms with van der Waals surface area (Å²) in [5.74, 6) is -0.583. The van der Waals surface area contributed by atoms with Crippen molar-refractivity contribution in [2.45, 2.75) is 26.8 Å². The van der Waals surface area contributed by atoms with Crippen LogP contribution in [-0.4, -0.2) is 34.3 Å². The molecule has 0 aromatic carbocycles. The van der Waals surface area contributed by atoms with Crippen molar-refractivity contribution in [3.63, 3.8) is 0 Å². The molecule has 20 heavy (non-hydrogen) atoms. The molecule has 7 heteroatoms. The zero-order chi connectivity index (χ0) is 13.5. The molecule has 2 heterocycles. The predicted molar refractivity (Wildman–Crippen MR) is 81.5 cm³/mol. The van der Waals surface area contributed by atoms with E-state index in [1.54, 1.807) is 6.07 Å². The van der Waals surface area contributed by atoms with E-state index in [1.807, 2.05) is 20.8 Å². The first-order valence-electron chi connectivity index (χ1n) is 5.88. The van der Waals surface area contributed by atoms with Gasteiger partial charge in [0.15, 0.2) is 0 Å². The highest BCUT2D eigenvalue weighted by molar-refractivity contribution is 6.21. The van der Waals surface area contributed by atoms with Gasteiger partial charge in [0.05, 0.1) is 11.1 Å². The molecule has 2 N–H and O–H groups in total. The van der Waals surface area contributed by atoms with E-state index in [4.69, 9.17) is 5.73 Å². The van der Waals surface area contributed by atoms with E-state index in [-0.39, 0.29) is 54.6 Å². The molecule has 0 spiro atoms. The van der Waals surface area contributed by atoms with Gasteiger partial charge in [-0.3, -0.25) is 19.5 Å². The van der Waals surface area contributed by atoms with Crippen molar-refractivity contribution in [1.82, 2.24) is 9.88 Å². The Morgan fingerprint density at radius 2 is 1.75 bits per heavy atom. The van der Waals surface area contributed by atoms with Gasteiger partial charge in [0.2, 0.25) is 0 Å². The summed E-state index contributed by atoms with van der Waals surface area (Å²) in [6.45, 7) is 6.18. The van der Waals surface area contributed by atoms with Gasteiger partial charge in [-0.05, 0) is 11.5 Å². The van der Waals surface area contributed by atoms with Crippen LogP contribution in [0.25, 0.3) is 0 Å². The van der Waals surface area contributed by atoms with Gasteiger partial charge >= 0.3 is 0 Å². The number of hydrogen-bond donors (Lipinski definition) is 1. The number of carbonyl (C=O) groups is 2. The first-order chi connectivity index (χ1) is 8.32. The van der Waals surface area contributed by atoms with Crippen LogP contribution in [0.2, 0.25) is 0 Å². The number of nitrogens with zero attached hydrogens (tertiary/aromatic N) is 2. The Morgan fingerprint density at radius 1 is 1.20 bits per heavy atom. The van der Waals surface area contributed by atoms with Crippen LogP contribution in [0.4, 0.5) is 0 Å². The highest BCUT2D eigenvalue weighted by Crippen LogP contribution is 2.24. The fraction of sp³-hybridized carbons (Fsp3) is 0.462. The van der Waals surface area contributed by atoms with Gasteiger partial charge in [-0.1, -0.05) is 20.8 Å². The number of rotatable bonds is 2. The monoisotopic (exact) mass is 319 g/mol. The normalized spacial score (nSPS) is 15.3. The molecule has 0 radical (unpaired) electrons. The molecule has 1 atom stereocenters. The van der Waals surface area contributed by atoms with Crippen LogP contribution in [0.5, 0.6) is 0 Å². The Morgan fingerprint density at radius 3 is 2.25 bits per heavy atom. The third kappa shape index (κ3) is 3.29. The first-order valence-corrected chi connectivity index (χ1v) is 5.88. The molecule has 0 saturated heterocycles. The summed E-state index contributed by atoms with van der Waals surface area (Å²) in [5.41, 5.74) is 6.65. The largest absolute Gasteiger partial charge is 0.326 e. The average molecular weight is 320 g/mol. The third-order valence-electron chi connectivity index (χ3n) is 3.26. The maximum atomic E-state index is 12.1. The van der Waals surface area contributed by atoms with Crippen LogP contribution in [0.1, 0.15) is 41.5 Å². The molecule has 1 aliphatic heterocycles. The average Bonchev–Trinajstić information content (AvgIpc) is 2.54. The molecule has 0 bridgehead atoms. The Bertz CT molecular complexity index is 480. The van der Waals surface area contributed by atoms with E-state index in [9.17, 15) is 9.59 Å². The zero-order valence-electron chi connectivity index (χ0n) is 11.6. The lowest BCUT2D eigenvalue weighted by atomic mass is 9.87. The number of pyridine rings is 1. The summed E-state index contributed by atoms with van der Waals surface area (Å²) in [6.07, 6.45) is 2.94. The highest BCUT2D eigenvalue weighted by Gasteiger charge is 2.37. The third-order valence-corrected chi connectivity index (χ3v) is 3.26. The van der Waals surface area contributed by atoms with Crippen LogP contribution < -0.4 is 5.73 Å². The number of amides is 2. The van der Waals surface area contributed by atoms with Crippen molar-refractivity contribution in [2.24, 2.45) is 11.1 Å². The summed E-state index contributed by atoms with van der Waals surface area (Å²) in [7, 11) is 0. The molecular formula is C13H19Cl2N3O2. The van der Waals surface area contributed by atoms with Gasteiger partial charge in [0.1, 0.15) is 0 Å². The van der Waals surface area contributed by atoms with Crippen LogP contribution in [0.15, 0.2) is 18.5 Å². The quantitative estimate of drug-likeness (QED) is 0.844. The second-order valence-corrected chi connectivity index (χ2v) is 5.61. The zero-order valence-corrected chi connectivity index (χ0v) is 13.3. The molecule has 0 fully saturated rings. The lowest BCUT2D eigenvalue weighted by molar-refractivity contribution is 0.0623. The standard InChI is InChI=1S/C13H17N3O2.2ClH/c1-13(2,3)10(14)7-16-11(17)8-4-5-15-6-9(8)12(16)18;;/h4-6,10H,7,14H2,1-3H3;2*1H/t10-;;/m1../s1. The lowest BCUT2D eigenvalue weighted by Crippen LogP contribution is -2.47. The first kappa shape index (κ1) is 18.8. The number of nitrogens with two attached hydrogens (primary N) is 1. The number of hydrogen-bond acceptors (Lipinski definition) is 4. The van der Waals surface area contributed by atoms with Crippen LogP contribution in [0, 0.1) is 5.41 Å². The van der Waals surface area contributed by atoms with Gasteiger partial charge in [0, 0.05) is 25.0 Å². The van der Waals surface area contributed by atoms with E-state index in [0.29, 0.717) is 11.1 Å². The van der Waals surface area contributed by atoms with Crippen LogP contribution in [0.3, 0.4) is 0 Å². The summed E-state index contributed by atoms with van der Waals surface area (Å²) in [6, 6.07) is 1.31. The number of halogens is 2. The molecule has 2 rings (SSSR count). The second-order valence-electron chi connectivity index (χ2n) is 5.61. The van der Waals surface area contributed by atoms with E-state index in [2.05, 4.69) is 4.98 Å². The fourth-order valence-electron chi connectivity index (χ4n) is 1.77. The Hall–Kier alpha value is -1.17. The van der Waals surface area contributed by atoms with Gasteiger partial charge in [-0.25, -0.2) is 0 Å². The minimum atomic E-state index is -0.303. The Kier molecular flexibility index (Phi) is 6.14. The van der Waals surface area contributed by atoms with Gasteiger partial charge in [0.25, 0.3) is 11.8 Å². The molecule has 5 nitrogen and oxygen atoms in total. The van der Waals surface area contributed by atoms with Crippen molar-refractivity contribution >= 4 is 36.6 Å². The topological polar surface area (TPSA) is 76.3 Å². The summed E-state index contributed by atoms with van der Waals surface area (Å²) < 4.78 is 0. The van der Waals surface area contributed by atoms with E-state index < -0.39 is 0 Å². The summed E-state index contributed by atoms with van der Waals surface area (Å²) >= 11 is 0. The predicted octanol–water partition coefficient (Wildman–Crippen LogP) is 1.89. The molecule has 0 saturated carbocycles. The number of imide groups is 1. The molecule has 2 amide bonds. The number of carbonyl (C=O) groups excluding carboxylic acids is 2.